The normalized spacial score (nSPS) is 13.2. The third-order valence-corrected chi connectivity index (χ3v) is 2.19. The second-order valence-corrected chi connectivity index (χ2v) is 5.12. The Bertz CT molecular complexity index is 336. The van der Waals surface area contributed by atoms with Crippen LogP contribution in [0, 0.1) is 5.92 Å². The monoisotopic (exact) mass is 220 g/mol. The van der Waals surface area contributed by atoms with Crippen molar-refractivity contribution in [2.45, 2.75) is 39.7 Å². The van der Waals surface area contributed by atoms with Crippen molar-refractivity contribution < 1.29 is 9.53 Å². The molecule has 1 aromatic carbocycles. The number of hydrogen-bond donors (Lipinski definition) is 0. The first-order chi connectivity index (χ1) is 7.38. The van der Waals surface area contributed by atoms with Crippen LogP contribution < -0.4 is 0 Å². The molecular formula is C14H20O2. The lowest BCUT2D eigenvalue weighted by molar-refractivity contribution is -0.159. The molecule has 0 bridgehead atoms. The maximum Gasteiger partial charge on any atom is 0.309 e. The van der Waals surface area contributed by atoms with E-state index in [2.05, 4.69) is 0 Å². The second-order valence-electron chi connectivity index (χ2n) is 5.12. The molecule has 0 aliphatic rings. The molecule has 0 radical (unpaired) electrons. The molecular weight excluding hydrogens is 200 g/mol. The van der Waals surface area contributed by atoms with Crippen molar-refractivity contribution in [1.82, 2.24) is 0 Å². The molecule has 1 unspecified atom stereocenters. The van der Waals surface area contributed by atoms with Gasteiger partial charge >= 0.3 is 5.97 Å². The molecule has 16 heavy (non-hydrogen) atoms. The van der Waals surface area contributed by atoms with Crippen LogP contribution >= 0.6 is 0 Å². The van der Waals surface area contributed by atoms with Gasteiger partial charge in [0.2, 0.25) is 0 Å². The second kappa shape index (κ2) is 5.15. The van der Waals surface area contributed by atoms with Gasteiger partial charge in [-0.2, -0.15) is 0 Å². The van der Waals surface area contributed by atoms with Gasteiger partial charge in [0.05, 0.1) is 5.92 Å². The maximum atomic E-state index is 11.7. The average molecular weight is 220 g/mol. The van der Waals surface area contributed by atoms with E-state index in [1.807, 2.05) is 58.0 Å². The highest BCUT2D eigenvalue weighted by Gasteiger charge is 2.21. The van der Waals surface area contributed by atoms with E-state index in [0.717, 1.165) is 6.42 Å². The Kier molecular flexibility index (Phi) is 4.11. The summed E-state index contributed by atoms with van der Waals surface area (Å²) in [6.07, 6.45) is 0.732. The number of benzene rings is 1. The Hall–Kier alpha value is -1.31. The van der Waals surface area contributed by atoms with Gasteiger partial charge in [-0.25, -0.2) is 0 Å². The fourth-order valence-electron chi connectivity index (χ4n) is 1.45. The molecule has 1 aromatic rings. The van der Waals surface area contributed by atoms with E-state index in [0.29, 0.717) is 0 Å². The highest BCUT2D eigenvalue weighted by molar-refractivity contribution is 5.72. The van der Waals surface area contributed by atoms with Crippen LogP contribution in [0.25, 0.3) is 0 Å². The number of carbonyl (C=O) groups is 1. The molecule has 1 rings (SSSR count). The Morgan fingerprint density at radius 3 is 2.31 bits per heavy atom. The largest absolute Gasteiger partial charge is 0.460 e. The predicted molar refractivity (Wildman–Crippen MR) is 65.2 cm³/mol. The fourth-order valence-corrected chi connectivity index (χ4v) is 1.45. The standard InChI is InChI=1S/C14H20O2/c1-11(13(15)16-14(2,3)4)10-12-8-6-5-7-9-12/h5-9,11H,10H2,1-4H3. The van der Waals surface area contributed by atoms with Gasteiger partial charge in [0, 0.05) is 0 Å². The third kappa shape index (κ3) is 4.47. The summed E-state index contributed by atoms with van der Waals surface area (Å²) in [5, 5.41) is 0. The van der Waals surface area contributed by atoms with Gasteiger partial charge < -0.3 is 4.74 Å². The van der Waals surface area contributed by atoms with Crippen LogP contribution in [0.15, 0.2) is 30.3 Å². The van der Waals surface area contributed by atoms with E-state index in [1.54, 1.807) is 0 Å². The Balaban J connectivity index is 2.53. The molecule has 0 amide bonds. The van der Waals surface area contributed by atoms with Gasteiger partial charge in [0.1, 0.15) is 5.60 Å². The first kappa shape index (κ1) is 12.8. The van der Waals surface area contributed by atoms with E-state index >= 15 is 0 Å². The van der Waals surface area contributed by atoms with Gasteiger partial charge in [-0.15, -0.1) is 0 Å². The molecule has 0 saturated heterocycles. The molecule has 0 aliphatic heterocycles. The maximum absolute atomic E-state index is 11.7. The molecule has 0 heterocycles. The molecule has 0 saturated carbocycles. The Labute approximate surface area is 97.6 Å². The van der Waals surface area contributed by atoms with Gasteiger partial charge in [-0.05, 0) is 32.8 Å². The lowest BCUT2D eigenvalue weighted by Crippen LogP contribution is -2.28. The number of rotatable bonds is 3. The molecule has 0 fully saturated rings. The third-order valence-electron chi connectivity index (χ3n) is 2.19. The van der Waals surface area contributed by atoms with Crippen molar-refractivity contribution in [2.24, 2.45) is 5.92 Å². The molecule has 0 N–H and O–H groups in total. The summed E-state index contributed by atoms with van der Waals surface area (Å²) in [6.45, 7) is 7.57. The predicted octanol–water partition coefficient (Wildman–Crippen LogP) is 3.21. The molecule has 2 nitrogen and oxygen atoms in total. The highest BCUT2D eigenvalue weighted by Crippen LogP contribution is 2.14. The lowest BCUT2D eigenvalue weighted by atomic mass is 10.0. The van der Waals surface area contributed by atoms with E-state index in [4.69, 9.17) is 4.74 Å². The zero-order chi connectivity index (χ0) is 12.2. The highest BCUT2D eigenvalue weighted by atomic mass is 16.6. The van der Waals surface area contributed by atoms with Gasteiger partial charge in [-0.1, -0.05) is 37.3 Å². The first-order valence-corrected chi connectivity index (χ1v) is 5.65. The van der Waals surface area contributed by atoms with E-state index in [-0.39, 0.29) is 11.9 Å². The van der Waals surface area contributed by atoms with Crippen LogP contribution in [0.1, 0.15) is 33.3 Å². The summed E-state index contributed by atoms with van der Waals surface area (Å²) in [7, 11) is 0. The van der Waals surface area contributed by atoms with Crippen LogP contribution in [0.2, 0.25) is 0 Å². The summed E-state index contributed by atoms with van der Waals surface area (Å²) < 4.78 is 5.33. The quantitative estimate of drug-likeness (QED) is 0.731. The minimum Gasteiger partial charge on any atom is -0.460 e. The lowest BCUT2D eigenvalue weighted by Gasteiger charge is -2.22. The number of carbonyl (C=O) groups excluding carboxylic acids is 1. The first-order valence-electron chi connectivity index (χ1n) is 5.65. The Morgan fingerprint density at radius 2 is 1.81 bits per heavy atom. The van der Waals surface area contributed by atoms with Crippen molar-refractivity contribution in [3.05, 3.63) is 35.9 Å². The molecule has 1 atom stereocenters. The van der Waals surface area contributed by atoms with Crippen molar-refractivity contribution in [3.8, 4) is 0 Å². The Morgan fingerprint density at radius 1 is 1.25 bits per heavy atom. The summed E-state index contributed by atoms with van der Waals surface area (Å²) in [5.41, 5.74) is 0.767. The van der Waals surface area contributed by atoms with Crippen LogP contribution in [0.3, 0.4) is 0 Å². The van der Waals surface area contributed by atoms with E-state index < -0.39 is 5.60 Å². The van der Waals surface area contributed by atoms with Gasteiger partial charge in [0.25, 0.3) is 0 Å². The average Bonchev–Trinajstić information content (AvgIpc) is 2.16. The number of hydrogen-bond acceptors (Lipinski definition) is 2. The van der Waals surface area contributed by atoms with Gasteiger partial charge in [-0.3, -0.25) is 4.79 Å². The summed E-state index contributed by atoms with van der Waals surface area (Å²) in [5.74, 6) is -0.224. The van der Waals surface area contributed by atoms with Crippen LogP contribution in [0.5, 0.6) is 0 Å². The molecule has 2 heteroatoms. The molecule has 0 aromatic heterocycles. The molecule has 0 aliphatic carbocycles. The van der Waals surface area contributed by atoms with Crippen molar-refractivity contribution in [1.29, 1.82) is 0 Å². The van der Waals surface area contributed by atoms with Crippen molar-refractivity contribution in [3.63, 3.8) is 0 Å². The molecule has 88 valence electrons. The van der Waals surface area contributed by atoms with Crippen molar-refractivity contribution >= 4 is 5.97 Å². The number of ether oxygens (including phenoxy) is 1. The SMILES string of the molecule is CC(Cc1ccccc1)C(=O)OC(C)(C)C. The molecule has 0 spiro atoms. The fraction of sp³-hybridized carbons (Fsp3) is 0.500. The minimum atomic E-state index is -0.401. The van der Waals surface area contributed by atoms with Crippen molar-refractivity contribution in [2.75, 3.05) is 0 Å². The van der Waals surface area contributed by atoms with E-state index in [9.17, 15) is 4.79 Å². The smallest absolute Gasteiger partial charge is 0.309 e. The van der Waals surface area contributed by atoms with Gasteiger partial charge in [0.15, 0.2) is 0 Å². The minimum absolute atomic E-state index is 0.0957. The zero-order valence-electron chi connectivity index (χ0n) is 10.5. The summed E-state index contributed by atoms with van der Waals surface area (Å²) in [6, 6.07) is 10.00. The zero-order valence-corrected chi connectivity index (χ0v) is 10.5. The summed E-state index contributed by atoms with van der Waals surface area (Å²) in [4.78, 5) is 11.7. The van der Waals surface area contributed by atoms with Crippen LogP contribution in [0.4, 0.5) is 0 Å². The topological polar surface area (TPSA) is 26.3 Å². The summed E-state index contributed by atoms with van der Waals surface area (Å²) >= 11 is 0. The van der Waals surface area contributed by atoms with E-state index in [1.165, 1.54) is 5.56 Å². The number of esters is 1. The van der Waals surface area contributed by atoms with Crippen LogP contribution in [-0.2, 0) is 16.0 Å². The van der Waals surface area contributed by atoms with Crippen LogP contribution in [-0.4, -0.2) is 11.6 Å².